The van der Waals surface area contributed by atoms with E-state index in [9.17, 15) is 18.3 Å². The fourth-order valence-electron chi connectivity index (χ4n) is 3.58. The van der Waals surface area contributed by atoms with Crippen molar-refractivity contribution in [3.05, 3.63) is 12.2 Å². The minimum atomic E-state index is -4.23. The number of rotatable bonds is 24. The summed E-state index contributed by atoms with van der Waals surface area (Å²) in [6.07, 6.45) is 22.3. The maximum Gasteiger partial charge on any atom is 1.00 e. The zero-order chi connectivity index (χ0) is 24.6. The molecule has 0 saturated carbocycles. The fraction of sp³-hybridized carbons (Fsp3) is 0.885. The third-order valence-corrected chi connectivity index (χ3v) is 6.48. The van der Waals surface area contributed by atoms with E-state index in [1.165, 1.54) is 32.1 Å². The largest absolute Gasteiger partial charge is 1.00 e. The molecule has 0 rings (SSSR count). The van der Waals surface area contributed by atoms with E-state index in [2.05, 4.69) is 30.2 Å². The van der Waals surface area contributed by atoms with Gasteiger partial charge < -0.3 is 10.7 Å². The summed E-state index contributed by atoms with van der Waals surface area (Å²) >= 11 is 0. The molecule has 1 atom stereocenters. The van der Waals surface area contributed by atoms with Gasteiger partial charge in [0.15, 0.2) is 0 Å². The molecule has 0 bridgehead atoms. The van der Waals surface area contributed by atoms with E-state index < -0.39 is 16.4 Å². The molecule has 0 saturated heterocycles. The van der Waals surface area contributed by atoms with Gasteiger partial charge in [-0.1, -0.05) is 103 Å². The Morgan fingerprint density at radius 3 is 2.06 bits per heavy atom. The van der Waals surface area contributed by atoms with Gasteiger partial charge >= 0.3 is 67.8 Å². The average Bonchev–Trinajstić information content (AvgIpc) is 2.77. The van der Waals surface area contributed by atoms with E-state index in [-0.39, 0.29) is 71.9 Å². The van der Waals surface area contributed by atoms with Gasteiger partial charge in [-0.15, -0.1) is 0 Å². The van der Waals surface area contributed by atoms with Crippen molar-refractivity contribution in [2.75, 3.05) is 6.61 Å². The molecule has 0 fully saturated rings. The van der Waals surface area contributed by atoms with E-state index in [4.69, 9.17) is 4.18 Å². The van der Waals surface area contributed by atoms with Gasteiger partial charge in [0.05, 0.1) is 12.7 Å². The van der Waals surface area contributed by atoms with Crippen molar-refractivity contribution in [2.24, 2.45) is 0 Å². The topological polar surface area (TPSA) is 89.9 Å². The van der Waals surface area contributed by atoms with Crippen LogP contribution in [-0.4, -0.2) is 32.2 Å². The number of unbranched alkanes of at least 4 members (excludes halogenated alkanes) is 13. The molecule has 0 spiro atoms. The molecule has 0 aliphatic carbocycles. The van der Waals surface area contributed by atoms with Gasteiger partial charge in [0.25, 0.3) is 0 Å². The number of aliphatic hydroxyl groups excluding tert-OH is 1. The summed E-state index contributed by atoms with van der Waals surface area (Å²) < 4.78 is 32.6. The van der Waals surface area contributed by atoms with Crippen LogP contribution in [0, 0.1) is 0 Å². The van der Waals surface area contributed by atoms with Crippen molar-refractivity contribution in [1.29, 1.82) is 0 Å². The minimum Gasteiger partial charge on any atom is -1.00 e. The van der Waals surface area contributed by atoms with Crippen molar-refractivity contribution in [1.82, 2.24) is 0 Å². The Morgan fingerprint density at radius 1 is 0.824 bits per heavy atom. The zero-order valence-electron chi connectivity index (χ0n) is 23.3. The van der Waals surface area contributed by atoms with Gasteiger partial charge in [0.1, 0.15) is 0 Å². The Hall–Kier alpha value is 0.716. The molecule has 0 amide bonds. The minimum absolute atomic E-state index is 0. The summed E-state index contributed by atoms with van der Waals surface area (Å²) in [5.41, 5.74) is 0. The van der Waals surface area contributed by atoms with Crippen molar-refractivity contribution in [3.63, 3.8) is 0 Å². The molecule has 1 N–H and O–H groups in total. The molecule has 0 radical (unpaired) electrons. The smallest absolute Gasteiger partial charge is 1.00 e. The average molecular weight is 531 g/mol. The van der Waals surface area contributed by atoms with Gasteiger partial charge in [-0.25, -0.2) is 4.18 Å². The van der Waals surface area contributed by atoms with Crippen molar-refractivity contribution in [3.8, 4) is 0 Å². The Morgan fingerprint density at radius 2 is 1.38 bits per heavy atom. The maximum atomic E-state index is 11.7. The normalized spacial score (nSPS) is 12.6. The number of hydrogen-bond acceptors (Lipinski definition) is 6. The number of carbonyl (C=O) groups excluding carboxylic acids is 1. The fourth-order valence-corrected chi connectivity index (χ4v) is 4.26. The number of aliphatic hydroxyl groups is 1. The summed E-state index contributed by atoms with van der Waals surface area (Å²) in [5.74, 6) is -0.742. The second-order valence-corrected chi connectivity index (χ2v) is 10.2. The van der Waals surface area contributed by atoms with Crippen molar-refractivity contribution >= 4 is 16.4 Å². The van der Waals surface area contributed by atoms with Crippen LogP contribution < -0.4 is 51.4 Å². The van der Waals surface area contributed by atoms with E-state index in [0.717, 1.165) is 70.6 Å². The van der Waals surface area contributed by atoms with Crippen LogP contribution in [0.25, 0.3) is 0 Å². The van der Waals surface area contributed by atoms with Crippen LogP contribution in [0.5, 0.6) is 0 Å². The third kappa shape index (κ3) is 27.3. The van der Waals surface area contributed by atoms with Gasteiger partial charge in [-0.3, -0.25) is 4.79 Å². The molecule has 0 unspecified atom stereocenters. The van der Waals surface area contributed by atoms with Gasteiger partial charge in [0, 0.05) is 6.42 Å². The van der Waals surface area contributed by atoms with Crippen LogP contribution in [0.2, 0.25) is 0 Å². The monoisotopic (exact) mass is 530 g/mol. The van der Waals surface area contributed by atoms with Crippen LogP contribution in [0.3, 0.4) is 0 Å². The molecule has 6 nitrogen and oxygen atoms in total. The predicted octanol–water partition coefficient (Wildman–Crippen LogP) is 4.28. The third-order valence-electron chi connectivity index (χ3n) is 5.64. The summed E-state index contributed by atoms with van der Waals surface area (Å²) in [4.78, 5) is 11.7. The van der Waals surface area contributed by atoms with Crippen LogP contribution in [0.15, 0.2) is 12.2 Å². The Bertz CT molecular complexity index is 586. The Balaban J connectivity index is -0.00000512. The molecule has 0 aromatic rings. The summed E-state index contributed by atoms with van der Waals surface area (Å²) in [6.45, 7) is 4.40. The predicted molar refractivity (Wildman–Crippen MR) is 136 cm³/mol. The van der Waals surface area contributed by atoms with Crippen LogP contribution in [0.4, 0.5) is 0 Å². The second-order valence-electron chi connectivity index (χ2n) is 8.97. The first-order chi connectivity index (χ1) is 15.9. The van der Waals surface area contributed by atoms with Crippen LogP contribution in [0.1, 0.15) is 137 Å². The molecule has 0 aromatic carbocycles. The van der Waals surface area contributed by atoms with Crippen LogP contribution >= 0.6 is 0 Å². The van der Waals surface area contributed by atoms with Crippen molar-refractivity contribution in [2.45, 2.75) is 142 Å². The van der Waals surface area contributed by atoms with E-state index in [1.54, 1.807) is 0 Å². The van der Waals surface area contributed by atoms with E-state index in [1.807, 2.05) is 0 Å². The summed E-state index contributed by atoms with van der Waals surface area (Å²) in [5, 5.41) is 9.92. The molecule has 0 aromatic heterocycles. The maximum absolute atomic E-state index is 11.7. The molecular formula is C26H51KO6S. The Labute approximate surface area is 254 Å². The molecule has 8 heteroatoms. The number of hydrogen-bond donors (Lipinski definition) is 1. The van der Waals surface area contributed by atoms with Gasteiger partial charge in [0.2, 0.25) is 0 Å². The molecule has 0 aliphatic rings. The number of allylic oxidation sites excluding steroid dienone is 1. The molecule has 0 aliphatic heterocycles. The standard InChI is InChI=1S/C26H50O6S.K.H/c1-3-5-7-9-16-20-24-31-33(29,30)32-26(28)23-19-15-13-11-10-12-14-18-22-25(27)21-17-8-6-4-2;;/h14,18,25,27H,3-13,15-17,19-24H2,1-2H3;;/q;+1;-1/b18-14-;;/t25-;;/m1../s1. The van der Waals surface area contributed by atoms with Gasteiger partial charge in [-0.05, 0) is 38.5 Å². The SMILES string of the molecule is CCCCCCCCOS(=O)(=O)OC(=O)CCCCCCC/C=C\C[C@H](O)CCCCCC.[H-].[K+]. The zero-order valence-corrected chi connectivity index (χ0v) is 26.2. The first-order valence-corrected chi connectivity index (χ1v) is 14.7. The molecule has 198 valence electrons. The number of carbonyl (C=O) groups is 1. The first-order valence-electron chi connectivity index (χ1n) is 13.4. The molecular weight excluding hydrogens is 479 g/mol. The van der Waals surface area contributed by atoms with E-state index >= 15 is 0 Å². The molecule has 34 heavy (non-hydrogen) atoms. The first kappa shape index (κ1) is 36.9. The van der Waals surface area contributed by atoms with Crippen molar-refractivity contribution < 1.29 is 79.5 Å². The quantitative estimate of drug-likeness (QED) is 0.114. The van der Waals surface area contributed by atoms with E-state index in [0.29, 0.717) is 12.8 Å². The summed E-state index contributed by atoms with van der Waals surface area (Å²) in [6, 6.07) is 0. The van der Waals surface area contributed by atoms with Gasteiger partial charge in [-0.2, -0.15) is 8.42 Å². The Kier molecular flexibility index (Phi) is 29.0. The van der Waals surface area contributed by atoms with Crippen LogP contribution in [-0.2, 0) is 23.6 Å². The molecule has 0 heterocycles. The summed E-state index contributed by atoms with van der Waals surface area (Å²) in [7, 11) is -4.23. The second kappa shape index (κ2) is 26.8.